The normalized spacial score (nSPS) is 11.7. The Balaban J connectivity index is 1.52. The number of nitrogens with zero attached hydrogens (tertiary/aromatic N) is 4. The van der Waals surface area contributed by atoms with Crippen molar-refractivity contribution < 1.29 is 27.2 Å². The van der Waals surface area contributed by atoms with Gasteiger partial charge in [0.05, 0.1) is 11.9 Å². The smallest absolute Gasteiger partial charge is 0.473 e. The number of benzene rings is 2. The summed E-state index contributed by atoms with van der Waals surface area (Å²) in [6.07, 6.45) is -1.71. The number of aromatic nitrogens is 4. The van der Waals surface area contributed by atoms with E-state index < -0.39 is 6.36 Å². The molecular formula is C18H13F3N4O3. The van der Waals surface area contributed by atoms with Crippen molar-refractivity contribution >= 4 is 11.0 Å². The first-order chi connectivity index (χ1) is 13.5. The molecule has 0 aliphatic carbocycles. The minimum absolute atomic E-state index is 0.278. The Hall–Kier alpha value is -3.56. The molecule has 7 nitrogen and oxygen atoms in total. The summed E-state index contributed by atoms with van der Waals surface area (Å²) in [6, 6.07) is 10.9. The Kier molecular flexibility index (Phi) is 4.60. The summed E-state index contributed by atoms with van der Waals surface area (Å²) in [5.41, 5.74) is 2.03. The molecule has 10 heteroatoms. The molecule has 0 aliphatic heterocycles. The zero-order valence-electron chi connectivity index (χ0n) is 14.3. The molecule has 0 spiro atoms. The van der Waals surface area contributed by atoms with Crippen molar-refractivity contribution in [1.82, 2.24) is 19.9 Å². The van der Waals surface area contributed by atoms with E-state index in [1.165, 1.54) is 18.5 Å². The van der Waals surface area contributed by atoms with E-state index in [0.717, 1.165) is 5.56 Å². The Morgan fingerprint density at radius 3 is 2.54 bits per heavy atom. The maximum Gasteiger partial charge on any atom is 0.573 e. The lowest BCUT2D eigenvalue weighted by molar-refractivity contribution is -0.274. The van der Waals surface area contributed by atoms with E-state index in [4.69, 9.17) is 9.26 Å². The van der Waals surface area contributed by atoms with Crippen molar-refractivity contribution in [2.24, 2.45) is 0 Å². The van der Waals surface area contributed by atoms with Crippen LogP contribution in [0.1, 0.15) is 0 Å². The summed E-state index contributed by atoms with van der Waals surface area (Å²) in [7, 11) is 0. The Bertz CT molecular complexity index is 1060. The van der Waals surface area contributed by atoms with Gasteiger partial charge in [0.25, 0.3) is 5.88 Å². The molecule has 2 heterocycles. The summed E-state index contributed by atoms with van der Waals surface area (Å²) >= 11 is 0. The van der Waals surface area contributed by atoms with E-state index in [2.05, 4.69) is 20.0 Å². The van der Waals surface area contributed by atoms with Crippen LogP contribution in [0.25, 0.3) is 22.1 Å². The summed E-state index contributed by atoms with van der Waals surface area (Å²) in [5.74, 6) is 0.0495. The molecule has 0 saturated heterocycles. The topological polar surface area (TPSA) is 75.2 Å². The SMILES string of the molecule is FC(F)(F)Oc1ccc(-c2ccc3onc(OCCn4cncn4)c3c2)cc1. The number of fused-ring (bicyclic) bond motifs is 1. The van der Waals surface area contributed by atoms with Crippen LogP contribution in [0.15, 0.2) is 59.6 Å². The van der Waals surface area contributed by atoms with Crippen molar-refractivity contribution in [2.45, 2.75) is 12.9 Å². The van der Waals surface area contributed by atoms with Gasteiger partial charge in [-0.25, -0.2) is 9.67 Å². The highest BCUT2D eigenvalue weighted by Crippen LogP contribution is 2.31. The number of hydrogen-bond acceptors (Lipinski definition) is 6. The lowest BCUT2D eigenvalue weighted by Gasteiger charge is -2.09. The minimum Gasteiger partial charge on any atom is -0.473 e. The van der Waals surface area contributed by atoms with Gasteiger partial charge in [0.2, 0.25) is 0 Å². The van der Waals surface area contributed by atoms with E-state index in [0.29, 0.717) is 35.6 Å². The molecule has 0 bridgehead atoms. The number of alkyl halides is 3. The first-order valence-corrected chi connectivity index (χ1v) is 8.19. The average molecular weight is 390 g/mol. The van der Waals surface area contributed by atoms with E-state index in [1.54, 1.807) is 41.3 Å². The minimum atomic E-state index is -4.72. The van der Waals surface area contributed by atoms with Crippen LogP contribution >= 0.6 is 0 Å². The van der Waals surface area contributed by atoms with Crippen LogP contribution < -0.4 is 9.47 Å². The Labute approximate surface area is 156 Å². The van der Waals surface area contributed by atoms with Gasteiger partial charge in [-0.2, -0.15) is 5.10 Å². The third-order valence-electron chi connectivity index (χ3n) is 3.88. The van der Waals surface area contributed by atoms with Crippen molar-refractivity contribution in [3.63, 3.8) is 0 Å². The van der Waals surface area contributed by atoms with Crippen LogP contribution in [-0.4, -0.2) is 32.9 Å². The molecule has 28 heavy (non-hydrogen) atoms. The van der Waals surface area contributed by atoms with Gasteiger partial charge in [-0.15, -0.1) is 13.2 Å². The maximum absolute atomic E-state index is 12.3. The highest BCUT2D eigenvalue weighted by atomic mass is 19.4. The molecular weight excluding hydrogens is 377 g/mol. The van der Waals surface area contributed by atoms with Gasteiger partial charge in [-0.05, 0) is 40.5 Å². The zero-order valence-corrected chi connectivity index (χ0v) is 14.3. The maximum atomic E-state index is 12.3. The average Bonchev–Trinajstić information content (AvgIpc) is 3.31. The van der Waals surface area contributed by atoms with E-state index >= 15 is 0 Å². The third kappa shape index (κ3) is 4.05. The number of rotatable bonds is 6. The fourth-order valence-corrected chi connectivity index (χ4v) is 2.63. The molecule has 0 radical (unpaired) electrons. The molecule has 0 unspecified atom stereocenters. The first-order valence-electron chi connectivity index (χ1n) is 8.19. The summed E-state index contributed by atoms with van der Waals surface area (Å²) in [4.78, 5) is 3.85. The first kappa shape index (κ1) is 17.8. The van der Waals surface area contributed by atoms with Crippen molar-refractivity contribution in [3.8, 4) is 22.8 Å². The number of hydrogen-bond donors (Lipinski definition) is 0. The molecule has 2 aromatic heterocycles. The standard InChI is InChI=1S/C18H13F3N4O3/c19-18(20,21)27-14-4-1-12(2-5-14)13-3-6-16-15(9-13)17(24-28-16)26-8-7-25-11-22-10-23-25/h1-6,9-11H,7-8H2. The van der Waals surface area contributed by atoms with Crippen molar-refractivity contribution in [3.05, 3.63) is 55.1 Å². The van der Waals surface area contributed by atoms with Gasteiger partial charge in [0.15, 0.2) is 5.58 Å². The van der Waals surface area contributed by atoms with Gasteiger partial charge in [0.1, 0.15) is 25.0 Å². The summed E-state index contributed by atoms with van der Waals surface area (Å²) < 4.78 is 53.2. The fraction of sp³-hybridized carbons (Fsp3) is 0.167. The van der Waals surface area contributed by atoms with Crippen LogP contribution in [0.4, 0.5) is 13.2 Å². The van der Waals surface area contributed by atoms with Gasteiger partial charge in [-0.3, -0.25) is 0 Å². The third-order valence-corrected chi connectivity index (χ3v) is 3.88. The van der Waals surface area contributed by atoms with Gasteiger partial charge >= 0.3 is 6.36 Å². The molecule has 4 rings (SSSR count). The van der Waals surface area contributed by atoms with Crippen LogP contribution in [0.3, 0.4) is 0 Å². The predicted octanol–water partition coefficient (Wildman–Crippen LogP) is 4.06. The lowest BCUT2D eigenvalue weighted by Crippen LogP contribution is -2.16. The molecule has 0 amide bonds. The molecule has 0 fully saturated rings. The van der Waals surface area contributed by atoms with E-state index in [1.807, 2.05) is 0 Å². The van der Waals surface area contributed by atoms with Crippen LogP contribution in [0, 0.1) is 0 Å². The van der Waals surface area contributed by atoms with Gasteiger partial charge in [-0.1, -0.05) is 18.2 Å². The van der Waals surface area contributed by atoms with E-state index in [-0.39, 0.29) is 5.75 Å². The monoisotopic (exact) mass is 390 g/mol. The molecule has 0 N–H and O–H groups in total. The van der Waals surface area contributed by atoms with Crippen LogP contribution in [0.2, 0.25) is 0 Å². The van der Waals surface area contributed by atoms with Gasteiger partial charge in [0, 0.05) is 0 Å². The highest BCUT2D eigenvalue weighted by Gasteiger charge is 2.30. The van der Waals surface area contributed by atoms with Crippen molar-refractivity contribution in [1.29, 1.82) is 0 Å². The second kappa shape index (κ2) is 7.22. The largest absolute Gasteiger partial charge is 0.573 e. The summed E-state index contributed by atoms with van der Waals surface area (Å²) in [6.45, 7) is 0.813. The second-order valence-corrected chi connectivity index (χ2v) is 5.78. The molecule has 2 aromatic carbocycles. The highest BCUT2D eigenvalue weighted by molar-refractivity contribution is 5.87. The number of ether oxygens (including phenoxy) is 2. The second-order valence-electron chi connectivity index (χ2n) is 5.78. The zero-order chi connectivity index (χ0) is 19.6. The van der Waals surface area contributed by atoms with E-state index in [9.17, 15) is 13.2 Å². The fourth-order valence-electron chi connectivity index (χ4n) is 2.63. The molecule has 4 aromatic rings. The Morgan fingerprint density at radius 1 is 1.04 bits per heavy atom. The van der Waals surface area contributed by atoms with Crippen molar-refractivity contribution in [2.75, 3.05) is 6.61 Å². The number of halogens is 3. The van der Waals surface area contributed by atoms with Crippen LogP contribution in [-0.2, 0) is 6.54 Å². The lowest BCUT2D eigenvalue weighted by atomic mass is 10.0. The summed E-state index contributed by atoms with van der Waals surface area (Å²) in [5, 5.41) is 8.56. The Morgan fingerprint density at radius 2 is 1.82 bits per heavy atom. The van der Waals surface area contributed by atoms with Crippen LogP contribution in [0.5, 0.6) is 11.6 Å². The molecule has 144 valence electrons. The molecule has 0 aliphatic rings. The molecule has 0 saturated carbocycles. The quantitative estimate of drug-likeness (QED) is 0.494. The van der Waals surface area contributed by atoms with Gasteiger partial charge < -0.3 is 14.0 Å². The predicted molar refractivity (Wildman–Crippen MR) is 91.6 cm³/mol. The molecule has 0 atom stereocenters.